The molecule has 0 saturated heterocycles. The van der Waals surface area contributed by atoms with Crippen molar-refractivity contribution in [3.63, 3.8) is 0 Å². The van der Waals surface area contributed by atoms with Gasteiger partial charge in [-0.2, -0.15) is 0 Å². The van der Waals surface area contributed by atoms with Crippen LogP contribution < -0.4 is 0 Å². The van der Waals surface area contributed by atoms with Gasteiger partial charge in [0.2, 0.25) is 5.78 Å². The van der Waals surface area contributed by atoms with Gasteiger partial charge in [0.1, 0.15) is 0 Å². The largest absolute Gasteiger partial charge is 0.454 e. The number of nitrogens with zero attached hydrogens (tertiary/aromatic N) is 1. The number of non-ortho nitro benzene ring substituents is 1. The predicted octanol–water partition coefficient (Wildman–Crippen LogP) is 3.66. The molecule has 0 atom stereocenters. The number of halogens is 1. The molecule has 0 unspecified atom stereocenters. The van der Waals surface area contributed by atoms with E-state index in [1.807, 2.05) is 6.92 Å². The number of hydrogen-bond acceptors (Lipinski definition) is 6. The number of aryl methyl sites for hydroxylation is 1. The van der Waals surface area contributed by atoms with Gasteiger partial charge in [-0.3, -0.25) is 14.9 Å². The summed E-state index contributed by atoms with van der Waals surface area (Å²) in [6.07, 6.45) is 0. The molecule has 0 aliphatic carbocycles. The molecule has 1 heterocycles. The Hall–Kier alpha value is -2.25. The molecular weight excluding hydrogens is 330 g/mol. The molecule has 2 rings (SSSR count). The minimum absolute atomic E-state index is 0.0232. The zero-order chi connectivity index (χ0) is 16.3. The second-order valence-corrected chi connectivity index (χ2v) is 6.03. The van der Waals surface area contributed by atoms with Crippen LogP contribution in [0.4, 0.5) is 5.69 Å². The third-order valence-corrected chi connectivity index (χ3v) is 4.10. The Labute approximate surface area is 134 Å². The molecular formula is C14H10ClNO5S. The van der Waals surface area contributed by atoms with Crippen LogP contribution in [0.25, 0.3) is 0 Å². The number of carbonyl (C=O) groups excluding carboxylic acids is 2. The van der Waals surface area contributed by atoms with Crippen molar-refractivity contribution in [1.29, 1.82) is 0 Å². The van der Waals surface area contributed by atoms with E-state index in [4.69, 9.17) is 16.3 Å². The highest BCUT2D eigenvalue weighted by Gasteiger charge is 2.19. The van der Waals surface area contributed by atoms with Crippen molar-refractivity contribution in [2.75, 3.05) is 6.61 Å². The van der Waals surface area contributed by atoms with E-state index >= 15 is 0 Å². The second-order valence-electron chi connectivity index (χ2n) is 4.33. The highest BCUT2D eigenvalue weighted by molar-refractivity contribution is 7.14. The number of rotatable bonds is 5. The van der Waals surface area contributed by atoms with Gasteiger partial charge in [-0.05, 0) is 25.1 Å². The summed E-state index contributed by atoms with van der Waals surface area (Å²) in [5.74, 6) is -1.22. The molecule has 2 aromatic rings. The number of ether oxygens (including phenoxy) is 1. The smallest absolute Gasteiger partial charge is 0.340 e. The number of hydrogen-bond donors (Lipinski definition) is 0. The summed E-state index contributed by atoms with van der Waals surface area (Å²) in [4.78, 5) is 35.3. The average molecular weight is 340 g/mol. The summed E-state index contributed by atoms with van der Waals surface area (Å²) in [5, 5.41) is 10.7. The number of esters is 1. The van der Waals surface area contributed by atoms with Crippen LogP contribution in [-0.4, -0.2) is 23.3 Å². The van der Waals surface area contributed by atoms with Crippen molar-refractivity contribution in [1.82, 2.24) is 0 Å². The number of nitro benzene ring substituents is 1. The monoisotopic (exact) mass is 339 g/mol. The van der Waals surface area contributed by atoms with Crippen LogP contribution in [0.5, 0.6) is 0 Å². The summed E-state index contributed by atoms with van der Waals surface area (Å²) in [5.41, 5.74) is -0.428. The van der Waals surface area contributed by atoms with E-state index in [0.29, 0.717) is 4.88 Å². The zero-order valence-electron chi connectivity index (χ0n) is 11.4. The first-order valence-electron chi connectivity index (χ1n) is 6.09. The fraction of sp³-hybridized carbons (Fsp3) is 0.143. The lowest BCUT2D eigenvalue weighted by Gasteiger charge is -2.05. The normalized spacial score (nSPS) is 10.3. The van der Waals surface area contributed by atoms with E-state index in [9.17, 15) is 19.7 Å². The lowest BCUT2D eigenvalue weighted by molar-refractivity contribution is -0.384. The Morgan fingerprint density at radius 3 is 2.64 bits per heavy atom. The first-order valence-corrected chi connectivity index (χ1v) is 7.28. The SMILES string of the molecule is Cc1ccc(C(=O)COC(=O)c2cc([N+](=O)[O-])ccc2Cl)s1. The lowest BCUT2D eigenvalue weighted by Crippen LogP contribution is -2.14. The number of Topliss-reactive ketones (excluding diaryl/α,β-unsaturated/α-hetero) is 1. The first kappa shape index (κ1) is 16.1. The first-order chi connectivity index (χ1) is 10.4. The molecule has 22 heavy (non-hydrogen) atoms. The van der Waals surface area contributed by atoms with E-state index in [1.165, 1.54) is 23.5 Å². The van der Waals surface area contributed by atoms with Crippen LogP contribution in [0.15, 0.2) is 30.3 Å². The van der Waals surface area contributed by atoms with Gasteiger partial charge < -0.3 is 4.74 Å². The van der Waals surface area contributed by atoms with Crippen molar-refractivity contribution in [2.24, 2.45) is 0 Å². The molecule has 0 aliphatic rings. The molecule has 0 N–H and O–H groups in total. The summed E-state index contributed by atoms with van der Waals surface area (Å²) in [6.45, 7) is 1.41. The van der Waals surface area contributed by atoms with Gasteiger partial charge >= 0.3 is 5.97 Å². The molecule has 0 bridgehead atoms. The molecule has 1 aromatic heterocycles. The molecule has 0 spiro atoms. The molecule has 6 nitrogen and oxygen atoms in total. The standard InChI is InChI=1S/C14H10ClNO5S/c1-8-2-5-13(22-8)12(17)7-21-14(18)10-6-9(16(19)20)3-4-11(10)15/h2-6H,7H2,1H3. The highest BCUT2D eigenvalue weighted by atomic mass is 35.5. The van der Waals surface area contributed by atoms with Gasteiger partial charge in [0.25, 0.3) is 5.69 Å². The average Bonchev–Trinajstić information content (AvgIpc) is 2.91. The van der Waals surface area contributed by atoms with Crippen LogP contribution in [0, 0.1) is 17.0 Å². The fourth-order valence-corrected chi connectivity index (χ4v) is 2.63. The van der Waals surface area contributed by atoms with Crippen LogP contribution in [0.2, 0.25) is 5.02 Å². The fourth-order valence-electron chi connectivity index (χ4n) is 1.65. The van der Waals surface area contributed by atoms with Crippen LogP contribution in [0.1, 0.15) is 24.9 Å². The van der Waals surface area contributed by atoms with Crippen molar-refractivity contribution in [2.45, 2.75) is 6.92 Å². The number of ketones is 1. The summed E-state index contributed by atoms with van der Waals surface area (Å²) >= 11 is 7.12. The van der Waals surface area contributed by atoms with Gasteiger partial charge in [-0.15, -0.1) is 11.3 Å². The Morgan fingerprint density at radius 1 is 1.32 bits per heavy atom. The van der Waals surface area contributed by atoms with E-state index in [0.717, 1.165) is 10.9 Å². The van der Waals surface area contributed by atoms with Gasteiger partial charge in [0.05, 0.1) is 20.4 Å². The second kappa shape index (κ2) is 6.67. The molecule has 0 radical (unpaired) electrons. The number of benzene rings is 1. The van der Waals surface area contributed by atoms with Crippen LogP contribution in [-0.2, 0) is 4.74 Å². The van der Waals surface area contributed by atoms with E-state index in [1.54, 1.807) is 12.1 Å². The highest BCUT2D eigenvalue weighted by Crippen LogP contribution is 2.23. The van der Waals surface area contributed by atoms with Crippen molar-refractivity contribution < 1.29 is 19.2 Å². The third kappa shape index (κ3) is 3.69. The topological polar surface area (TPSA) is 86.5 Å². The summed E-state index contributed by atoms with van der Waals surface area (Å²) in [7, 11) is 0. The molecule has 0 saturated carbocycles. The number of nitro groups is 1. The maximum absolute atomic E-state index is 11.9. The Bertz CT molecular complexity index is 755. The van der Waals surface area contributed by atoms with Crippen molar-refractivity contribution in [3.8, 4) is 0 Å². The van der Waals surface area contributed by atoms with Crippen molar-refractivity contribution in [3.05, 3.63) is 60.8 Å². The number of thiophene rings is 1. The maximum Gasteiger partial charge on any atom is 0.340 e. The van der Waals surface area contributed by atoms with E-state index in [-0.39, 0.29) is 22.1 Å². The molecule has 114 valence electrons. The van der Waals surface area contributed by atoms with E-state index < -0.39 is 17.5 Å². The van der Waals surface area contributed by atoms with Gasteiger partial charge in [-0.25, -0.2) is 4.79 Å². The number of carbonyl (C=O) groups is 2. The van der Waals surface area contributed by atoms with Crippen LogP contribution in [0.3, 0.4) is 0 Å². The molecule has 0 aliphatic heterocycles. The quantitative estimate of drug-likeness (QED) is 0.359. The van der Waals surface area contributed by atoms with E-state index in [2.05, 4.69) is 0 Å². The predicted molar refractivity (Wildman–Crippen MR) is 81.8 cm³/mol. The molecule has 1 aromatic carbocycles. The zero-order valence-corrected chi connectivity index (χ0v) is 12.9. The molecule has 8 heteroatoms. The molecule has 0 fully saturated rings. The Balaban J connectivity index is 2.08. The maximum atomic E-state index is 11.9. The van der Waals surface area contributed by atoms with Crippen LogP contribution >= 0.6 is 22.9 Å². The van der Waals surface area contributed by atoms with Gasteiger partial charge in [0, 0.05) is 17.0 Å². The Morgan fingerprint density at radius 2 is 2.05 bits per heavy atom. The summed E-state index contributed by atoms with van der Waals surface area (Å²) in [6, 6.07) is 6.87. The van der Waals surface area contributed by atoms with Gasteiger partial charge in [0.15, 0.2) is 6.61 Å². The minimum atomic E-state index is -0.879. The molecule has 0 amide bonds. The minimum Gasteiger partial charge on any atom is -0.454 e. The lowest BCUT2D eigenvalue weighted by atomic mass is 10.2. The van der Waals surface area contributed by atoms with Gasteiger partial charge in [-0.1, -0.05) is 11.6 Å². The Kier molecular flexibility index (Phi) is 4.89. The summed E-state index contributed by atoms with van der Waals surface area (Å²) < 4.78 is 4.88. The third-order valence-electron chi connectivity index (χ3n) is 2.73. The van der Waals surface area contributed by atoms with Crippen molar-refractivity contribution >= 4 is 40.4 Å².